The quantitative estimate of drug-likeness (QED) is 0.304. The molecule has 0 aliphatic rings. The van der Waals surface area contributed by atoms with Gasteiger partial charge in [0.05, 0.1) is 11.7 Å². The van der Waals surface area contributed by atoms with Crippen LogP contribution in [0.3, 0.4) is 0 Å². The summed E-state index contributed by atoms with van der Waals surface area (Å²) in [5.41, 5.74) is 3.99. The Bertz CT molecular complexity index is 1240. The van der Waals surface area contributed by atoms with Gasteiger partial charge in [-0.3, -0.25) is 0 Å². The van der Waals surface area contributed by atoms with Gasteiger partial charge in [-0.2, -0.15) is 4.98 Å². The van der Waals surface area contributed by atoms with Gasteiger partial charge in [-0.15, -0.1) is 11.6 Å². The van der Waals surface area contributed by atoms with Gasteiger partial charge in [0.1, 0.15) is 5.69 Å². The van der Waals surface area contributed by atoms with Gasteiger partial charge in [0, 0.05) is 53.2 Å². The summed E-state index contributed by atoms with van der Waals surface area (Å²) in [6.07, 6.45) is 11.6. The third kappa shape index (κ3) is 4.08. The minimum atomic E-state index is 0.445. The minimum absolute atomic E-state index is 0.445. The predicted octanol–water partition coefficient (Wildman–Crippen LogP) is 6.30. The lowest BCUT2D eigenvalue weighted by Crippen LogP contribution is -2.06. The van der Waals surface area contributed by atoms with E-state index >= 15 is 0 Å². The number of nitrogens with zero attached hydrogens (tertiary/aromatic N) is 5. The van der Waals surface area contributed by atoms with E-state index in [1.54, 1.807) is 0 Å². The van der Waals surface area contributed by atoms with Crippen LogP contribution in [0.15, 0.2) is 59.5 Å². The lowest BCUT2D eigenvalue weighted by atomic mass is 10.1. The first-order chi connectivity index (χ1) is 15.2. The van der Waals surface area contributed by atoms with Gasteiger partial charge < -0.3 is 14.0 Å². The molecule has 3 heterocycles. The maximum Gasteiger partial charge on any atom is 0.276 e. The van der Waals surface area contributed by atoms with Crippen molar-refractivity contribution in [2.75, 3.05) is 10.8 Å². The van der Waals surface area contributed by atoms with Crippen molar-refractivity contribution in [3.63, 3.8) is 0 Å². The molecule has 0 aliphatic heterocycles. The Hall–Kier alpha value is -3.12. The van der Waals surface area contributed by atoms with Crippen molar-refractivity contribution < 1.29 is 4.52 Å². The van der Waals surface area contributed by atoms with Crippen molar-refractivity contribution in [2.24, 2.45) is 0 Å². The molecule has 0 unspecified atom stereocenters. The number of pyridine rings is 1. The second-order valence-electron chi connectivity index (χ2n) is 7.22. The number of hydrogen-bond acceptors (Lipinski definition) is 5. The number of benzene rings is 1. The summed E-state index contributed by atoms with van der Waals surface area (Å²) in [6, 6.07) is 8.56. The summed E-state index contributed by atoms with van der Waals surface area (Å²) in [7, 11) is 0. The monoisotopic (exact) mass is 435 g/mol. The highest BCUT2D eigenvalue weighted by Gasteiger charge is 2.16. The molecule has 31 heavy (non-hydrogen) atoms. The summed E-state index contributed by atoms with van der Waals surface area (Å²) in [4.78, 5) is 11.2. The lowest BCUT2D eigenvalue weighted by molar-refractivity contribution is 0.422. The zero-order valence-electron chi connectivity index (χ0n) is 18.0. The van der Waals surface area contributed by atoms with Crippen LogP contribution in [0.1, 0.15) is 33.0 Å². The van der Waals surface area contributed by atoms with E-state index in [-0.39, 0.29) is 0 Å². The van der Waals surface area contributed by atoms with Crippen molar-refractivity contribution in [1.29, 1.82) is 0 Å². The molecule has 0 amide bonds. The highest BCUT2D eigenvalue weighted by molar-refractivity contribution is 6.17. The number of halogens is 1. The number of rotatable bonds is 8. The molecule has 0 saturated heterocycles. The Morgan fingerprint density at radius 3 is 2.55 bits per heavy atom. The third-order valence-electron chi connectivity index (χ3n) is 5.17. The van der Waals surface area contributed by atoms with Crippen LogP contribution in [0.5, 0.6) is 0 Å². The molecule has 1 aromatic carbocycles. The number of aromatic nitrogens is 4. The molecule has 0 spiro atoms. The molecule has 0 radical (unpaired) electrons. The second kappa shape index (κ2) is 9.35. The van der Waals surface area contributed by atoms with Crippen molar-refractivity contribution in [1.82, 2.24) is 19.7 Å². The van der Waals surface area contributed by atoms with Crippen molar-refractivity contribution >= 4 is 39.1 Å². The molecule has 6 nitrogen and oxygen atoms in total. The fourth-order valence-corrected chi connectivity index (χ4v) is 3.88. The molecule has 4 aromatic rings. The van der Waals surface area contributed by atoms with E-state index in [1.165, 1.54) is 0 Å². The van der Waals surface area contributed by atoms with Gasteiger partial charge in [-0.05, 0) is 44.5 Å². The normalized spacial score (nSPS) is 12.1. The number of allylic oxidation sites excluding steroid dienone is 2. The summed E-state index contributed by atoms with van der Waals surface area (Å²) < 4.78 is 7.71. The highest BCUT2D eigenvalue weighted by Crippen LogP contribution is 2.34. The first kappa shape index (κ1) is 21.1. The van der Waals surface area contributed by atoms with Gasteiger partial charge in [0.15, 0.2) is 5.82 Å². The van der Waals surface area contributed by atoms with Crippen LogP contribution in [0.25, 0.3) is 33.4 Å². The molecule has 0 N–H and O–H groups in total. The lowest BCUT2D eigenvalue weighted by Gasteiger charge is -2.16. The van der Waals surface area contributed by atoms with Gasteiger partial charge in [-0.25, -0.2) is 4.98 Å². The number of hydrogen-bond donors (Lipinski definition) is 0. The maximum atomic E-state index is 6.00. The highest BCUT2D eigenvalue weighted by atomic mass is 35.5. The van der Waals surface area contributed by atoms with Crippen LogP contribution >= 0.6 is 11.6 Å². The largest absolute Gasteiger partial charge is 0.339 e. The van der Waals surface area contributed by atoms with Gasteiger partial charge in [0.2, 0.25) is 0 Å². The number of alkyl halides is 1. The first-order valence-electron chi connectivity index (χ1n) is 10.5. The fourth-order valence-electron chi connectivity index (χ4n) is 3.76. The van der Waals surface area contributed by atoms with Crippen LogP contribution in [-0.4, -0.2) is 25.6 Å². The maximum absolute atomic E-state index is 6.00. The van der Waals surface area contributed by atoms with E-state index in [9.17, 15) is 0 Å². The van der Waals surface area contributed by atoms with E-state index in [2.05, 4.69) is 42.8 Å². The predicted molar refractivity (Wildman–Crippen MR) is 127 cm³/mol. The summed E-state index contributed by atoms with van der Waals surface area (Å²) in [5.74, 6) is 1.74. The summed E-state index contributed by atoms with van der Waals surface area (Å²) in [6.45, 7) is 6.86. The van der Waals surface area contributed by atoms with Crippen LogP contribution < -0.4 is 4.90 Å². The van der Waals surface area contributed by atoms with Crippen molar-refractivity contribution in [2.45, 2.75) is 40.2 Å². The van der Waals surface area contributed by atoms with E-state index in [4.69, 9.17) is 16.1 Å². The number of fused-ring (bicyclic) bond motifs is 3. The van der Waals surface area contributed by atoms with Crippen LogP contribution in [-0.2, 0) is 13.0 Å². The second-order valence-corrected chi connectivity index (χ2v) is 7.60. The fraction of sp³-hybridized carbons (Fsp3) is 0.292. The topological polar surface area (TPSA) is 60.0 Å². The standard InChI is InChI=1S/C24H26ClN5O/c1-4-11-29(12-5-2)17-8-9-21-18(14-17)19-15-20(24-27-23(6-3)28-31-24)26-16-22(19)30(21)13-7-10-25/h4-5,8-9,11-12,14-16H,6-7,10,13H2,1-3H3. The molecule has 160 valence electrons. The molecule has 0 atom stereocenters. The van der Waals surface area contributed by atoms with Crippen molar-refractivity contribution in [3.8, 4) is 11.6 Å². The average molecular weight is 436 g/mol. The van der Waals surface area contributed by atoms with E-state index in [0.29, 0.717) is 23.3 Å². The first-order valence-corrected chi connectivity index (χ1v) is 11.1. The Kier molecular flexibility index (Phi) is 6.37. The SMILES string of the molecule is CC=CN(C=CC)c1ccc2c(c1)c1cc(-c3nc(CC)no3)ncc1n2CCCCl. The molecule has 7 heteroatoms. The van der Waals surface area contributed by atoms with Gasteiger partial charge >= 0.3 is 0 Å². The third-order valence-corrected chi connectivity index (χ3v) is 5.44. The van der Waals surface area contributed by atoms with Crippen LogP contribution in [0, 0.1) is 0 Å². The smallest absolute Gasteiger partial charge is 0.276 e. The van der Waals surface area contributed by atoms with Gasteiger partial charge in [0.25, 0.3) is 5.89 Å². The molecule has 0 fully saturated rings. The van der Waals surface area contributed by atoms with Crippen LogP contribution in [0.4, 0.5) is 5.69 Å². The summed E-state index contributed by atoms with van der Waals surface area (Å²) >= 11 is 6.00. The molecule has 0 bridgehead atoms. The van der Waals surface area contributed by atoms with Crippen LogP contribution in [0.2, 0.25) is 0 Å². The van der Waals surface area contributed by atoms with E-state index in [0.717, 1.165) is 46.9 Å². The molecular formula is C24H26ClN5O. The van der Waals surface area contributed by atoms with Crippen molar-refractivity contribution in [3.05, 3.63) is 60.8 Å². The number of aryl methyl sites for hydroxylation is 2. The minimum Gasteiger partial charge on any atom is -0.339 e. The Morgan fingerprint density at radius 1 is 1.10 bits per heavy atom. The van der Waals surface area contributed by atoms with Gasteiger partial charge in [-0.1, -0.05) is 24.2 Å². The van der Waals surface area contributed by atoms with E-state index in [1.807, 2.05) is 57.6 Å². The molecule has 0 saturated carbocycles. The van der Waals surface area contributed by atoms with E-state index < -0.39 is 0 Å². The Labute approximate surface area is 186 Å². The zero-order chi connectivity index (χ0) is 21.8. The number of anilines is 1. The zero-order valence-corrected chi connectivity index (χ0v) is 18.8. The molecule has 4 rings (SSSR count). The molecular weight excluding hydrogens is 410 g/mol. The Balaban J connectivity index is 1.93. The molecule has 0 aliphatic carbocycles. The average Bonchev–Trinajstić information content (AvgIpc) is 3.40. The summed E-state index contributed by atoms with van der Waals surface area (Å²) in [5, 5.41) is 6.27. The molecule has 3 aromatic heterocycles. The Morgan fingerprint density at radius 2 is 1.87 bits per heavy atom.